The standard InChI is InChI=1S/C14H22N2OS/c1-10-4-3-8-16(9-7-10)14-15-11-5-2-6-12(17)13(11)18-14/h10,12,17H,2-9H2,1H3. The van der Waals surface area contributed by atoms with Crippen molar-refractivity contribution in [2.45, 2.75) is 51.6 Å². The molecule has 1 aromatic rings. The molecule has 2 atom stereocenters. The van der Waals surface area contributed by atoms with Gasteiger partial charge in [0.05, 0.1) is 16.7 Å². The minimum Gasteiger partial charge on any atom is -0.388 e. The van der Waals surface area contributed by atoms with Crippen LogP contribution >= 0.6 is 11.3 Å². The molecular formula is C14H22N2OS. The number of aliphatic hydroxyl groups excluding tert-OH is 1. The number of aromatic nitrogens is 1. The first-order valence-corrected chi connectivity index (χ1v) is 7.98. The number of fused-ring (bicyclic) bond motifs is 1. The lowest BCUT2D eigenvalue weighted by atomic mass is 10.0. The molecule has 0 amide bonds. The third-order valence-corrected chi connectivity index (χ3v) is 5.46. The van der Waals surface area contributed by atoms with Crippen molar-refractivity contribution in [3.8, 4) is 0 Å². The lowest BCUT2D eigenvalue weighted by Crippen LogP contribution is -2.23. The minimum absolute atomic E-state index is 0.258. The highest BCUT2D eigenvalue weighted by molar-refractivity contribution is 7.15. The molecule has 18 heavy (non-hydrogen) atoms. The summed E-state index contributed by atoms with van der Waals surface area (Å²) >= 11 is 1.73. The number of aliphatic hydroxyl groups is 1. The van der Waals surface area contributed by atoms with Gasteiger partial charge in [-0.3, -0.25) is 0 Å². The van der Waals surface area contributed by atoms with Crippen LogP contribution in [0.5, 0.6) is 0 Å². The van der Waals surface area contributed by atoms with Crippen LogP contribution in [0.2, 0.25) is 0 Å². The Hall–Kier alpha value is -0.610. The van der Waals surface area contributed by atoms with Crippen LogP contribution in [0.4, 0.5) is 5.13 Å². The molecule has 3 rings (SSSR count). The van der Waals surface area contributed by atoms with Gasteiger partial charge in [-0.2, -0.15) is 0 Å². The van der Waals surface area contributed by atoms with E-state index in [0.29, 0.717) is 0 Å². The van der Waals surface area contributed by atoms with Crippen LogP contribution in [0.1, 0.15) is 55.7 Å². The van der Waals surface area contributed by atoms with E-state index in [1.54, 1.807) is 11.3 Å². The van der Waals surface area contributed by atoms with E-state index >= 15 is 0 Å². The molecule has 0 radical (unpaired) electrons. The van der Waals surface area contributed by atoms with Gasteiger partial charge in [-0.15, -0.1) is 0 Å². The summed E-state index contributed by atoms with van der Waals surface area (Å²) in [5.41, 5.74) is 1.16. The van der Waals surface area contributed by atoms with Gasteiger partial charge in [-0.1, -0.05) is 18.3 Å². The van der Waals surface area contributed by atoms with Crippen LogP contribution in [0.15, 0.2) is 0 Å². The number of anilines is 1. The Kier molecular flexibility index (Phi) is 3.57. The predicted molar refractivity (Wildman–Crippen MR) is 75.2 cm³/mol. The number of hydrogen-bond donors (Lipinski definition) is 1. The zero-order chi connectivity index (χ0) is 12.5. The highest BCUT2D eigenvalue weighted by atomic mass is 32.1. The van der Waals surface area contributed by atoms with Gasteiger partial charge in [0, 0.05) is 13.1 Å². The molecule has 1 aliphatic heterocycles. The fourth-order valence-electron chi connectivity index (χ4n) is 2.97. The van der Waals surface area contributed by atoms with Gasteiger partial charge in [-0.05, 0) is 44.4 Å². The van der Waals surface area contributed by atoms with Gasteiger partial charge in [0.15, 0.2) is 5.13 Å². The summed E-state index contributed by atoms with van der Waals surface area (Å²) in [6.45, 7) is 4.61. The molecule has 1 fully saturated rings. The molecule has 1 aliphatic carbocycles. The van der Waals surface area contributed by atoms with Crippen LogP contribution in [-0.2, 0) is 6.42 Å². The third-order valence-electron chi connectivity index (χ3n) is 4.20. The summed E-state index contributed by atoms with van der Waals surface area (Å²) in [7, 11) is 0. The Morgan fingerprint density at radius 2 is 2.11 bits per heavy atom. The first kappa shape index (κ1) is 12.4. The molecule has 1 saturated heterocycles. The first-order chi connectivity index (χ1) is 8.74. The van der Waals surface area contributed by atoms with Gasteiger partial charge in [0.1, 0.15) is 0 Å². The van der Waals surface area contributed by atoms with E-state index in [0.717, 1.165) is 54.0 Å². The van der Waals surface area contributed by atoms with Crippen molar-refractivity contribution in [2.75, 3.05) is 18.0 Å². The summed E-state index contributed by atoms with van der Waals surface area (Å²) in [6.07, 6.45) is 6.66. The SMILES string of the molecule is CC1CCCN(c2nc3c(s2)C(O)CCC3)CC1. The van der Waals surface area contributed by atoms with Crippen molar-refractivity contribution in [2.24, 2.45) is 5.92 Å². The number of thiazole rings is 1. The van der Waals surface area contributed by atoms with E-state index < -0.39 is 0 Å². The van der Waals surface area contributed by atoms with Crippen LogP contribution in [-0.4, -0.2) is 23.2 Å². The summed E-state index contributed by atoms with van der Waals surface area (Å²) < 4.78 is 0. The predicted octanol–water partition coefficient (Wildman–Crippen LogP) is 3.14. The first-order valence-electron chi connectivity index (χ1n) is 7.16. The van der Waals surface area contributed by atoms with E-state index in [1.165, 1.54) is 19.3 Å². The van der Waals surface area contributed by atoms with Crippen molar-refractivity contribution >= 4 is 16.5 Å². The molecular weight excluding hydrogens is 244 g/mol. The maximum Gasteiger partial charge on any atom is 0.185 e. The van der Waals surface area contributed by atoms with Crippen molar-refractivity contribution in [3.63, 3.8) is 0 Å². The second-order valence-electron chi connectivity index (χ2n) is 5.74. The maximum absolute atomic E-state index is 10.0. The number of aryl methyl sites for hydroxylation is 1. The van der Waals surface area contributed by atoms with Crippen molar-refractivity contribution in [1.82, 2.24) is 4.98 Å². The van der Waals surface area contributed by atoms with Gasteiger partial charge in [-0.25, -0.2) is 4.98 Å². The van der Waals surface area contributed by atoms with Gasteiger partial charge in [0.2, 0.25) is 0 Å². The topological polar surface area (TPSA) is 36.4 Å². The molecule has 0 aromatic carbocycles. The second-order valence-corrected chi connectivity index (χ2v) is 6.75. The van der Waals surface area contributed by atoms with Crippen LogP contribution in [0.25, 0.3) is 0 Å². The van der Waals surface area contributed by atoms with Crippen LogP contribution in [0.3, 0.4) is 0 Å². The number of hydrogen-bond acceptors (Lipinski definition) is 4. The van der Waals surface area contributed by atoms with Crippen molar-refractivity contribution in [3.05, 3.63) is 10.6 Å². The third kappa shape index (κ3) is 2.41. The molecule has 3 nitrogen and oxygen atoms in total. The average Bonchev–Trinajstić information content (AvgIpc) is 2.67. The molecule has 4 heteroatoms. The molecule has 0 spiro atoms. The van der Waals surface area contributed by atoms with Gasteiger partial charge < -0.3 is 10.0 Å². The molecule has 2 heterocycles. The van der Waals surface area contributed by atoms with Crippen molar-refractivity contribution < 1.29 is 5.11 Å². The quantitative estimate of drug-likeness (QED) is 0.848. The Bertz CT molecular complexity index is 418. The zero-order valence-electron chi connectivity index (χ0n) is 11.1. The van der Waals surface area contributed by atoms with E-state index in [2.05, 4.69) is 11.8 Å². The molecule has 100 valence electrons. The molecule has 1 N–H and O–H groups in total. The smallest absolute Gasteiger partial charge is 0.185 e. The molecule has 1 aromatic heterocycles. The van der Waals surface area contributed by atoms with E-state index in [9.17, 15) is 5.11 Å². The van der Waals surface area contributed by atoms with E-state index in [1.807, 2.05) is 0 Å². The monoisotopic (exact) mass is 266 g/mol. The summed E-state index contributed by atoms with van der Waals surface area (Å²) in [5.74, 6) is 0.843. The van der Waals surface area contributed by atoms with Crippen molar-refractivity contribution in [1.29, 1.82) is 0 Å². The fraction of sp³-hybridized carbons (Fsp3) is 0.786. The van der Waals surface area contributed by atoms with Gasteiger partial charge in [0.25, 0.3) is 0 Å². The van der Waals surface area contributed by atoms with Gasteiger partial charge >= 0.3 is 0 Å². The lowest BCUT2D eigenvalue weighted by molar-refractivity contribution is 0.160. The summed E-state index contributed by atoms with van der Waals surface area (Å²) in [6, 6.07) is 0. The van der Waals surface area contributed by atoms with E-state index in [4.69, 9.17) is 4.98 Å². The lowest BCUT2D eigenvalue weighted by Gasteiger charge is -2.18. The largest absolute Gasteiger partial charge is 0.388 e. The highest BCUT2D eigenvalue weighted by Gasteiger charge is 2.25. The average molecular weight is 266 g/mol. The number of rotatable bonds is 1. The fourth-order valence-corrected chi connectivity index (χ4v) is 4.16. The highest BCUT2D eigenvalue weighted by Crippen LogP contribution is 2.38. The Labute approximate surface area is 113 Å². The Morgan fingerprint density at radius 3 is 2.94 bits per heavy atom. The Morgan fingerprint density at radius 1 is 1.22 bits per heavy atom. The minimum atomic E-state index is -0.258. The molecule has 0 bridgehead atoms. The summed E-state index contributed by atoms with van der Waals surface area (Å²) in [4.78, 5) is 8.34. The maximum atomic E-state index is 10.0. The Balaban J connectivity index is 1.79. The van der Waals surface area contributed by atoms with Crippen LogP contribution in [0, 0.1) is 5.92 Å². The van der Waals surface area contributed by atoms with Crippen LogP contribution < -0.4 is 4.90 Å². The number of nitrogens with zero attached hydrogens (tertiary/aromatic N) is 2. The molecule has 2 unspecified atom stereocenters. The zero-order valence-corrected chi connectivity index (χ0v) is 11.9. The summed E-state index contributed by atoms with van der Waals surface area (Å²) in [5, 5.41) is 11.2. The normalized spacial score (nSPS) is 28.9. The molecule has 2 aliphatic rings. The molecule has 0 saturated carbocycles. The van der Waals surface area contributed by atoms with E-state index in [-0.39, 0.29) is 6.10 Å². The second kappa shape index (κ2) is 5.17.